The predicted octanol–water partition coefficient (Wildman–Crippen LogP) is 4.23. The minimum atomic E-state index is -0.716. The van der Waals surface area contributed by atoms with Crippen molar-refractivity contribution in [2.45, 2.75) is 19.4 Å². The summed E-state index contributed by atoms with van der Waals surface area (Å²) in [5, 5.41) is 12.1. The molecule has 5 nitrogen and oxygen atoms in total. The Kier molecular flexibility index (Phi) is 4.84. The van der Waals surface area contributed by atoms with Crippen molar-refractivity contribution in [3.05, 3.63) is 71.4 Å². The molecule has 0 aliphatic carbocycles. The van der Waals surface area contributed by atoms with Gasteiger partial charge in [-0.3, -0.25) is 0 Å². The molecular formula is C20H17F2N5. The van der Waals surface area contributed by atoms with E-state index in [1.54, 1.807) is 0 Å². The van der Waals surface area contributed by atoms with E-state index in [4.69, 9.17) is 5.73 Å². The van der Waals surface area contributed by atoms with Crippen LogP contribution in [0.1, 0.15) is 25.0 Å². The third-order valence-corrected chi connectivity index (χ3v) is 3.93. The van der Waals surface area contributed by atoms with Crippen LogP contribution in [0.3, 0.4) is 0 Å². The largest absolute Gasteiger partial charge is 0.324 e. The first kappa shape index (κ1) is 18.4. The molecule has 0 aliphatic heterocycles. The average Bonchev–Trinajstić information content (AvgIpc) is 2.60. The van der Waals surface area contributed by atoms with Crippen LogP contribution in [0.15, 0.2) is 48.7 Å². The monoisotopic (exact) mass is 365 g/mol. The Balaban J connectivity index is 1.98. The SMILES string of the molecule is CC(C)(N)c1ccc(-c2nc(Nc3cc(F)cc(F)c3)ncc2C#N)cc1. The Morgan fingerprint density at radius 1 is 1.07 bits per heavy atom. The standard InChI is InChI=1S/C20H17F2N5/c1-20(2,24)14-5-3-12(4-6-14)18-13(10-23)11-25-19(27-18)26-17-8-15(21)7-16(22)9-17/h3-9,11H,24H2,1-2H3,(H,25,26,27). The van der Waals surface area contributed by atoms with Crippen LogP contribution < -0.4 is 11.1 Å². The molecule has 136 valence electrons. The molecule has 27 heavy (non-hydrogen) atoms. The highest BCUT2D eigenvalue weighted by Gasteiger charge is 2.15. The lowest BCUT2D eigenvalue weighted by atomic mass is 9.94. The topological polar surface area (TPSA) is 87.6 Å². The number of hydrogen-bond donors (Lipinski definition) is 2. The molecule has 0 atom stereocenters. The van der Waals surface area contributed by atoms with Crippen LogP contribution in [-0.4, -0.2) is 9.97 Å². The van der Waals surface area contributed by atoms with E-state index in [0.717, 1.165) is 23.8 Å². The van der Waals surface area contributed by atoms with Crippen molar-refractivity contribution in [3.8, 4) is 17.3 Å². The van der Waals surface area contributed by atoms with E-state index in [1.165, 1.54) is 6.20 Å². The zero-order chi connectivity index (χ0) is 19.6. The van der Waals surface area contributed by atoms with E-state index in [-0.39, 0.29) is 17.2 Å². The lowest BCUT2D eigenvalue weighted by Gasteiger charge is -2.19. The van der Waals surface area contributed by atoms with Gasteiger partial charge in [0.05, 0.1) is 17.5 Å². The fourth-order valence-electron chi connectivity index (χ4n) is 2.56. The van der Waals surface area contributed by atoms with Gasteiger partial charge >= 0.3 is 0 Å². The molecule has 3 aromatic rings. The highest BCUT2D eigenvalue weighted by molar-refractivity contribution is 5.68. The van der Waals surface area contributed by atoms with Gasteiger partial charge in [0.15, 0.2) is 0 Å². The van der Waals surface area contributed by atoms with Gasteiger partial charge in [-0.05, 0) is 31.5 Å². The highest BCUT2D eigenvalue weighted by Crippen LogP contribution is 2.26. The molecule has 0 saturated carbocycles. The van der Waals surface area contributed by atoms with Crippen molar-refractivity contribution < 1.29 is 8.78 Å². The van der Waals surface area contributed by atoms with Crippen molar-refractivity contribution >= 4 is 11.6 Å². The van der Waals surface area contributed by atoms with Gasteiger partial charge in [-0.25, -0.2) is 18.7 Å². The molecule has 0 amide bonds. The third-order valence-electron chi connectivity index (χ3n) is 3.93. The molecule has 0 radical (unpaired) electrons. The van der Waals surface area contributed by atoms with Crippen LogP contribution in [-0.2, 0) is 5.54 Å². The van der Waals surface area contributed by atoms with E-state index in [1.807, 2.05) is 38.1 Å². The van der Waals surface area contributed by atoms with E-state index in [2.05, 4.69) is 21.4 Å². The quantitative estimate of drug-likeness (QED) is 0.722. The van der Waals surface area contributed by atoms with Crippen LogP contribution in [0.4, 0.5) is 20.4 Å². The number of nitrogens with zero attached hydrogens (tertiary/aromatic N) is 3. The zero-order valence-electron chi connectivity index (χ0n) is 14.8. The summed E-state index contributed by atoms with van der Waals surface area (Å²) in [6.45, 7) is 3.79. The van der Waals surface area contributed by atoms with Gasteiger partial charge in [0, 0.05) is 22.9 Å². The maximum Gasteiger partial charge on any atom is 0.227 e. The van der Waals surface area contributed by atoms with Gasteiger partial charge in [-0.2, -0.15) is 5.26 Å². The number of hydrogen-bond acceptors (Lipinski definition) is 5. The van der Waals surface area contributed by atoms with Gasteiger partial charge in [-0.1, -0.05) is 24.3 Å². The number of rotatable bonds is 4. The summed E-state index contributed by atoms with van der Waals surface area (Å²) in [6, 6.07) is 12.5. The second-order valence-electron chi connectivity index (χ2n) is 6.65. The molecule has 0 saturated heterocycles. The van der Waals surface area contributed by atoms with Crippen LogP contribution >= 0.6 is 0 Å². The first-order valence-corrected chi connectivity index (χ1v) is 8.16. The Morgan fingerprint density at radius 2 is 1.70 bits per heavy atom. The molecule has 7 heteroatoms. The normalized spacial score (nSPS) is 11.1. The Bertz CT molecular complexity index is 998. The molecule has 0 bridgehead atoms. The van der Waals surface area contributed by atoms with Crippen LogP contribution in [0.5, 0.6) is 0 Å². The third kappa shape index (κ3) is 4.25. The maximum atomic E-state index is 13.4. The number of nitrogens with two attached hydrogens (primary N) is 1. The zero-order valence-corrected chi connectivity index (χ0v) is 14.8. The molecule has 0 fully saturated rings. The van der Waals surface area contributed by atoms with Crippen LogP contribution in [0, 0.1) is 23.0 Å². The summed E-state index contributed by atoms with van der Waals surface area (Å²) in [4.78, 5) is 8.38. The van der Waals surface area contributed by atoms with Crippen LogP contribution in [0.25, 0.3) is 11.3 Å². The van der Waals surface area contributed by atoms with Gasteiger partial charge in [0.2, 0.25) is 5.95 Å². The van der Waals surface area contributed by atoms with E-state index in [0.29, 0.717) is 11.3 Å². The molecule has 0 unspecified atom stereocenters. The van der Waals surface area contributed by atoms with Gasteiger partial charge in [0.1, 0.15) is 17.7 Å². The Labute approximate surface area is 155 Å². The molecule has 2 aromatic carbocycles. The fraction of sp³-hybridized carbons (Fsp3) is 0.150. The number of anilines is 2. The number of halogens is 2. The highest BCUT2D eigenvalue weighted by atomic mass is 19.1. The first-order valence-electron chi connectivity index (χ1n) is 8.16. The van der Waals surface area contributed by atoms with Crippen molar-refractivity contribution in [2.75, 3.05) is 5.32 Å². The summed E-state index contributed by atoms with van der Waals surface area (Å²) in [7, 11) is 0. The average molecular weight is 365 g/mol. The molecule has 3 rings (SSSR count). The predicted molar refractivity (Wildman–Crippen MR) is 99.0 cm³/mol. The molecule has 0 aliphatic rings. The summed E-state index contributed by atoms with van der Waals surface area (Å²) >= 11 is 0. The Hall–Kier alpha value is -3.37. The van der Waals surface area contributed by atoms with Crippen molar-refractivity contribution in [1.29, 1.82) is 5.26 Å². The number of aromatic nitrogens is 2. The number of nitriles is 1. The van der Waals surface area contributed by atoms with Gasteiger partial charge in [-0.15, -0.1) is 0 Å². The van der Waals surface area contributed by atoms with E-state index < -0.39 is 17.2 Å². The minimum Gasteiger partial charge on any atom is -0.324 e. The van der Waals surface area contributed by atoms with Crippen molar-refractivity contribution in [1.82, 2.24) is 9.97 Å². The smallest absolute Gasteiger partial charge is 0.227 e. The van der Waals surface area contributed by atoms with Gasteiger partial charge < -0.3 is 11.1 Å². The lowest BCUT2D eigenvalue weighted by Crippen LogP contribution is -2.28. The summed E-state index contributed by atoms with van der Waals surface area (Å²) in [5.74, 6) is -1.31. The maximum absolute atomic E-state index is 13.4. The van der Waals surface area contributed by atoms with Gasteiger partial charge in [0.25, 0.3) is 0 Å². The minimum absolute atomic E-state index is 0.122. The van der Waals surface area contributed by atoms with E-state index in [9.17, 15) is 14.0 Å². The first-order chi connectivity index (χ1) is 12.8. The summed E-state index contributed by atoms with van der Waals surface area (Å²) in [6.07, 6.45) is 1.36. The molecule has 0 spiro atoms. The number of benzene rings is 2. The van der Waals surface area contributed by atoms with Crippen LogP contribution in [0.2, 0.25) is 0 Å². The molecule has 1 heterocycles. The summed E-state index contributed by atoms with van der Waals surface area (Å²) < 4.78 is 26.7. The molecule has 1 aromatic heterocycles. The molecular weight excluding hydrogens is 348 g/mol. The van der Waals surface area contributed by atoms with E-state index >= 15 is 0 Å². The fourth-order valence-corrected chi connectivity index (χ4v) is 2.56. The van der Waals surface area contributed by atoms with Crippen molar-refractivity contribution in [2.24, 2.45) is 5.73 Å². The number of nitrogens with one attached hydrogen (secondary N) is 1. The molecule has 3 N–H and O–H groups in total. The van der Waals surface area contributed by atoms with Crippen molar-refractivity contribution in [3.63, 3.8) is 0 Å². The lowest BCUT2D eigenvalue weighted by molar-refractivity contribution is 0.554. The Morgan fingerprint density at radius 3 is 2.26 bits per heavy atom. The second kappa shape index (κ2) is 7.09. The summed E-state index contributed by atoms with van der Waals surface area (Å²) in [5.41, 5.74) is 8.10. The second-order valence-corrected chi connectivity index (χ2v) is 6.65.